The molecule has 0 amide bonds. The summed E-state index contributed by atoms with van der Waals surface area (Å²) in [6, 6.07) is 2.67. The Morgan fingerprint density at radius 2 is 2.04 bits per heavy atom. The van der Waals surface area contributed by atoms with E-state index in [1.165, 1.54) is 16.4 Å². The zero-order valence-corrected chi connectivity index (χ0v) is 14.9. The number of hydrogen-bond donors (Lipinski definition) is 1. The Labute approximate surface area is 142 Å². The first kappa shape index (κ1) is 20.0. The number of carbonyl (C=O) groups excluding carboxylic acids is 1. The molecule has 0 bridgehead atoms. The molecule has 1 saturated heterocycles. The van der Waals surface area contributed by atoms with E-state index in [0.717, 1.165) is 12.8 Å². The van der Waals surface area contributed by atoms with Gasteiger partial charge in [0.05, 0.1) is 6.61 Å². The molecule has 1 aromatic heterocycles. The minimum Gasteiger partial charge on any atom is -0.460 e. The SMILES string of the molecule is CCOC(=O)c1ccc(S(=O)(=O)N2CCC(C(C)N)CC2)o1.Cl. The maximum atomic E-state index is 12.5. The second kappa shape index (κ2) is 8.14. The summed E-state index contributed by atoms with van der Waals surface area (Å²) in [5, 5.41) is -0.227. The molecule has 0 radical (unpaired) electrons. The Bertz CT molecular complexity index is 621. The van der Waals surface area contributed by atoms with Crippen LogP contribution in [0.4, 0.5) is 0 Å². The van der Waals surface area contributed by atoms with Gasteiger partial charge < -0.3 is 14.9 Å². The Kier molecular flexibility index (Phi) is 7.06. The van der Waals surface area contributed by atoms with Crippen molar-refractivity contribution < 1.29 is 22.4 Å². The number of halogens is 1. The molecule has 0 aromatic carbocycles. The molecule has 1 fully saturated rings. The van der Waals surface area contributed by atoms with Crippen LogP contribution in [0.2, 0.25) is 0 Å². The van der Waals surface area contributed by atoms with Crippen LogP contribution in [-0.2, 0) is 14.8 Å². The first-order chi connectivity index (χ1) is 10.4. The van der Waals surface area contributed by atoms with E-state index in [1.54, 1.807) is 6.92 Å². The predicted octanol–water partition coefficient (Wildman–Crippen LogP) is 1.63. The number of hydrogen-bond acceptors (Lipinski definition) is 6. The van der Waals surface area contributed by atoms with E-state index >= 15 is 0 Å². The quantitative estimate of drug-likeness (QED) is 0.794. The van der Waals surface area contributed by atoms with Crippen molar-refractivity contribution in [2.45, 2.75) is 37.8 Å². The van der Waals surface area contributed by atoms with Gasteiger partial charge in [0.15, 0.2) is 0 Å². The Balaban J connectivity index is 0.00000264. The molecule has 132 valence electrons. The molecule has 1 atom stereocenters. The minimum atomic E-state index is -3.72. The van der Waals surface area contributed by atoms with Crippen LogP contribution in [0.5, 0.6) is 0 Å². The third-order valence-corrected chi connectivity index (χ3v) is 5.67. The number of furan rings is 1. The molecule has 0 saturated carbocycles. The van der Waals surface area contributed by atoms with Gasteiger partial charge in [-0.1, -0.05) is 0 Å². The van der Waals surface area contributed by atoms with Gasteiger partial charge in [-0.15, -0.1) is 12.4 Å². The Morgan fingerprint density at radius 1 is 1.43 bits per heavy atom. The summed E-state index contributed by atoms with van der Waals surface area (Å²) >= 11 is 0. The van der Waals surface area contributed by atoms with Crippen LogP contribution in [0.15, 0.2) is 21.6 Å². The lowest BCUT2D eigenvalue weighted by Crippen LogP contribution is -2.42. The summed E-state index contributed by atoms with van der Waals surface area (Å²) in [4.78, 5) is 11.5. The summed E-state index contributed by atoms with van der Waals surface area (Å²) in [6.45, 7) is 4.62. The standard InChI is InChI=1S/C14H22N2O5S.ClH/c1-3-20-14(17)12-4-5-13(21-12)22(18,19)16-8-6-11(7-9-16)10(2)15;/h4-5,10-11H,3,6-9,15H2,1-2H3;1H. The second-order valence-electron chi connectivity index (χ2n) is 5.44. The number of carbonyl (C=O) groups is 1. The van der Waals surface area contributed by atoms with Gasteiger partial charge in [0, 0.05) is 19.1 Å². The number of nitrogens with zero attached hydrogens (tertiary/aromatic N) is 1. The Morgan fingerprint density at radius 3 is 2.57 bits per heavy atom. The van der Waals surface area contributed by atoms with Gasteiger partial charge in [-0.3, -0.25) is 0 Å². The Hall–Kier alpha value is -1.09. The van der Waals surface area contributed by atoms with Crippen LogP contribution in [0, 0.1) is 5.92 Å². The molecule has 1 unspecified atom stereocenters. The zero-order chi connectivity index (χ0) is 16.3. The van der Waals surface area contributed by atoms with E-state index in [-0.39, 0.29) is 35.9 Å². The topological polar surface area (TPSA) is 103 Å². The number of sulfonamides is 1. The molecule has 2 heterocycles. The van der Waals surface area contributed by atoms with Crippen molar-refractivity contribution in [1.82, 2.24) is 4.31 Å². The van der Waals surface area contributed by atoms with E-state index in [0.29, 0.717) is 19.0 Å². The van der Waals surface area contributed by atoms with Crippen molar-refractivity contribution in [1.29, 1.82) is 0 Å². The van der Waals surface area contributed by atoms with Gasteiger partial charge in [-0.2, -0.15) is 4.31 Å². The van der Waals surface area contributed by atoms with Crippen LogP contribution >= 0.6 is 12.4 Å². The van der Waals surface area contributed by atoms with E-state index in [1.807, 2.05) is 6.92 Å². The van der Waals surface area contributed by atoms with Gasteiger partial charge in [-0.05, 0) is 44.7 Å². The smallest absolute Gasteiger partial charge is 0.374 e. The molecule has 23 heavy (non-hydrogen) atoms. The van der Waals surface area contributed by atoms with E-state index in [2.05, 4.69) is 0 Å². The third-order valence-electron chi connectivity index (χ3n) is 3.89. The third kappa shape index (κ3) is 4.47. The van der Waals surface area contributed by atoms with Gasteiger partial charge in [0.2, 0.25) is 10.9 Å². The summed E-state index contributed by atoms with van der Waals surface area (Å²) in [5.74, 6) is -0.441. The molecule has 9 heteroatoms. The molecular weight excluding hydrogens is 344 g/mol. The minimum absolute atomic E-state index is 0. The molecule has 1 aromatic rings. The molecular formula is C14H23ClN2O5S. The number of piperidine rings is 1. The van der Waals surface area contributed by atoms with Gasteiger partial charge in [0.25, 0.3) is 10.0 Å². The van der Waals surface area contributed by atoms with Crippen molar-refractivity contribution in [3.8, 4) is 0 Å². The van der Waals surface area contributed by atoms with Gasteiger partial charge >= 0.3 is 5.97 Å². The van der Waals surface area contributed by atoms with E-state index in [9.17, 15) is 13.2 Å². The average Bonchev–Trinajstić information content (AvgIpc) is 2.98. The van der Waals surface area contributed by atoms with E-state index < -0.39 is 16.0 Å². The first-order valence-electron chi connectivity index (χ1n) is 7.39. The predicted molar refractivity (Wildman–Crippen MR) is 87.0 cm³/mol. The van der Waals surface area contributed by atoms with Crippen molar-refractivity contribution in [3.05, 3.63) is 17.9 Å². The van der Waals surface area contributed by atoms with Crippen molar-refractivity contribution in [2.75, 3.05) is 19.7 Å². The largest absolute Gasteiger partial charge is 0.460 e. The highest BCUT2D eigenvalue weighted by Gasteiger charge is 2.33. The molecule has 1 aliphatic heterocycles. The fourth-order valence-corrected chi connectivity index (χ4v) is 3.92. The fraction of sp³-hybridized carbons (Fsp3) is 0.643. The van der Waals surface area contributed by atoms with Crippen LogP contribution in [-0.4, -0.2) is 44.4 Å². The van der Waals surface area contributed by atoms with Crippen LogP contribution in [0.1, 0.15) is 37.2 Å². The summed E-state index contributed by atoms with van der Waals surface area (Å²) in [7, 11) is -3.72. The number of rotatable bonds is 5. The second-order valence-corrected chi connectivity index (χ2v) is 7.31. The lowest BCUT2D eigenvalue weighted by molar-refractivity contribution is 0.0483. The average molecular weight is 367 g/mol. The number of ether oxygens (including phenoxy) is 1. The van der Waals surface area contributed by atoms with E-state index in [4.69, 9.17) is 14.9 Å². The lowest BCUT2D eigenvalue weighted by atomic mass is 9.92. The van der Waals surface area contributed by atoms with Crippen LogP contribution in [0.25, 0.3) is 0 Å². The van der Waals surface area contributed by atoms with Gasteiger partial charge in [0.1, 0.15) is 0 Å². The summed E-state index contributed by atoms with van der Waals surface area (Å²) < 4.78 is 36.3. The molecule has 0 spiro atoms. The van der Waals surface area contributed by atoms with Crippen LogP contribution < -0.4 is 5.73 Å². The molecule has 2 rings (SSSR count). The molecule has 7 nitrogen and oxygen atoms in total. The van der Waals surface area contributed by atoms with Crippen molar-refractivity contribution in [2.24, 2.45) is 11.7 Å². The normalized spacial score (nSPS) is 18.2. The van der Waals surface area contributed by atoms with Crippen molar-refractivity contribution >= 4 is 28.4 Å². The monoisotopic (exact) mass is 366 g/mol. The summed E-state index contributed by atoms with van der Waals surface area (Å²) in [6.07, 6.45) is 1.45. The fourth-order valence-electron chi connectivity index (χ4n) is 2.54. The zero-order valence-electron chi connectivity index (χ0n) is 13.2. The molecule has 2 N–H and O–H groups in total. The van der Waals surface area contributed by atoms with Crippen molar-refractivity contribution in [3.63, 3.8) is 0 Å². The lowest BCUT2D eigenvalue weighted by Gasteiger charge is -2.32. The highest BCUT2D eigenvalue weighted by atomic mass is 35.5. The molecule has 0 aliphatic carbocycles. The number of nitrogens with two attached hydrogens (primary N) is 1. The highest BCUT2D eigenvalue weighted by Crippen LogP contribution is 2.26. The number of esters is 1. The van der Waals surface area contributed by atoms with Gasteiger partial charge in [-0.25, -0.2) is 13.2 Å². The maximum Gasteiger partial charge on any atom is 0.374 e. The summed E-state index contributed by atoms with van der Waals surface area (Å²) in [5.41, 5.74) is 5.86. The van der Waals surface area contributed by atoms with Crippen LogP contribution in [0.3, 0.4) is 0 Å². The highest BCUT2D eigenvalue weighted by molar-refractivity contribution is 7.89. The maximum absolute atomic E-state index is 12.5. The molecule has 1 aliphatic rings. The first-order valence-corrected chi connectivity index (χ1v) is 8.83.